The van der Waals surface area contributed by atoms with Crippen LogP contribution < -0.4 is 5.32 Å². The maximum atomic E-state index is 11.3. The number of hydrogen-bond donors (Lipinski definition) is 1. The maximum absolute atomic E-state index is 11.3. The number of hydrogen-bond acceptors (Lipinski definition) is 3. The van der Waals surface area contributed by atoms with E-state index in [0.717, 1.165) is 6.42 Å². The lowest BCUT2D eigenvalue weighted by molar-refractivity contribution is -0.127. The van der Waals surface area contributed by atoms with Crippen molar-refractivity contribution >= 4 is 17.5 Å². The molecule has 0 heterocycles. The topological polar surface area (TPSA) is 63.2 Å². The summed E-state index contributed by atoms with van der Waals surface area (Å²) in [7, 11) is 0. The summed E-state index contributed by atoms with van der Waals surface area (Å²) >= 11 is 0. The first-order chi connectivity index (χ1) is 6.97. The second-order valence-electron chi connectivity index (χ2n) is 3.75. The summed E-state index contributed by atoms with van der Waals surface area (Å²) in [6.07, 6.45) is 1.19. The Labute approximate surface area is 91.9 Å². The van der Waals surface area contributed by atoms with Gasteiger partial charge < -0.3 is 10.1 Å². The Morgan fingerprint density at radius 1 is 1.27 bits per heavy atom. The average Bonchev–Trinajstić information content (AvgIpc) is 2.21. The normalized spacial score (nSPS) is 11.9. The fraction of sp³-hybridized carbons (Fsp3) is 0.727. The molecule has 0 aromatic heterocycles. The summed E-state index contributed by atoms with van der Waals surface area (Å²) in [5.41, 5.74) is 0. The van der Waals surface area contributed by atoms with Gasteiger partial charge in [-0.1, -0.05) is 13.8 Å². The predicted octanol–water partition coefficient (Wildman–Crippen LogP) is 1.33. The van der Waals surface area contributed by atoms with Crippen LogP contribution in [0.4, 0.5) is 0 Å². The SMILES string of the molecule is CCC(C)C(=O)CNC(=O)CCC(C)=O.[HH]. The van der Waals surface area contributed by atoms with Gasteiger partial charge in [0.05, 0.1) is 6.54 Å². The van der Waals surface area contributed by atoms with Crippen molar-refractivity contribution in [1.82, 2.24) is 5.32 Å². The first kappa shape index (κ1) is 13.8. The van der Waals surface area contributed by atoms with Crippen LogP contribution in [-0.4, -0.2) is 24.0 Å². The van der Waals surface area contributed by atoms with Crippen molar-refractivity contribution < 1.29 is 15.8 Å². The zero-order valence-corrected chi connectivity index (χ0v) is 9.63. The first-order valence-corrected chi connectivity index (χ1v) is 5.26. The number of carbonyl (C=O) groups excluding carboxylic acids is 3. The number of Topliss-reactive ketones (excluding diaryl/α,β-unsaturated/α-hetero) is 2. The van der Waals surface area contributed by atoms with E-state index < -0.39 is 0 Å². The third-order valence-electron chi connectivity index (χ3n) is 2.33. The van der Waals surface area contributed by atoms with Crippen molar-refractivity contribution in [2.24, 2.45) is 5.92 Å². The molecule has 15 heavy (non-hydrogen) atoms. The highest BCUT2D eigenvalue weighted by molar-refractivity contribution is 5.88. The quantitative estimate of drug-likeness (QED) is 0.697. The van der Waals surface area contributed by atoms with Gasteiger partial charge in [-0.25, -0.2) is 0 Å². The van der Waals surface area contributed by atoms with Crippen LogP contribution >= 0.6 is 0 Å². The van der Waals surface area contributed by atoms with Gasteiger partial charge in [0.25, 0.3) is 0 Å². The molecular weight excluding hydrogens is 194 g/mol. The largest absolute Gasteiger partial charge is 0.349 e. The van der Waals surface area contributed by atoms with Gasteiger partial charge in [0, 0.05) is 20.2 Å². The third kappa shape index (κ3) is 6.82. The van der Waals surface area contributed by atoms with E-state index in [0.29, 0.717) is 0 Å². The second kappa shape index (κ2) is 7.15. The van der Waals surface area contributed by atoms with Gasteiger partial charge in [-0.3, -0.25) is 9.59 Å². The minimum Gasteiger partial charge on any atom is -0.349 e. The Morgan fingerprint density at radius 3 is 2.33 bits per heavy atom. The first-order valence-electron chi connectivity index (χ1n) is 5.26. The van der Waals surface area contributed by atoms with Gasteiger partial charge in [0.15, 0.2) is 5.78 Å². The molecule has 1 unspecified atom stereocenters. The molecule has 1 N–H and O–H groups in total. The fourth-order valence-electron chi connectivity index (χ4n) is 0.966. The summed E-state index contributed by atoms with van der Waals surface area (Å²) in [5, 5.41) is 2.51. The lowest BCUT2D eigenvalue weighted by Gasteiger charge is -2.08. The summed E-state index contributed by atoms with van der Waals surface area (Å²) in [6, 6.07) is 0. The maximum Gasteiger partial charge on any atom is 0.220 e. The van der Waals surface area contributed by atoms with Gasteiger partial charge in [-0.05, 0) is 13.3 Å². The Hall–Kier alpha value is -1.19. The monoisotopic (exact) mass is 215 g/mol. The molecule has 0 spiro atoms. The molecule has 0 aromatic rings. The Balaban J connectivity index is 0. The van der Waals surface area contributed by atoms with Crippen LogP contribution in [0.25, 0.3) is 0 Å². The van der Waals surface area contributed by atoms with Crippen LogP contribution in [0.2, 0.25) is 0 Å². The molecule has 0 bridgehead atoms. The van der Waals surface area contributed by atoms with Crippen LogP contribution in [0.3, 0.4) is 0 Å². The number of ketones is 2. The van der Waals surface area contributed by atoms with Crippen LogP contribution in [0.1, 0.15) is 41.5 Å². The minimum absolute atomic E-state index is 0. The Bertz CT molecular complexity index is 254. The summed E-state index contributed by atoms with van der Waals surface area (Å²) in [4.78, 5) is 33.1. The molecule has 1 amide bonds. The molecular formula is C11H21NO3. The molecule has 0 fully saturated rings. The number of amides is 1. The van der Waals surface area contributed by atoms with E-state index in [2.05, 4.69) is 5.32 Å². The smallest absolute Gasteiger partial charge is 0.220 e. The van der Waals surface area contributed by atoms with E-state index in [1.54, 1.807) is 0 Å². The van der Waals surface area contributed by atoms with Gasteiger partial charge >= 0.3 is 0 Å². The van der Waals surface area contributed by atoms with Gasteiger partial charge in [-0.2, -0.15) is 0 Å². The molecule has 4 heteroatoms. The van der Waals surface area contributed by atoms with Crippen molar-refractivity contribution in [3.63, 3.8) is 0 Å². The number of rotatable bonds is 7. The minimum atomic E-state index is -0.234. The van der Waals surface area contributed by atoms with Gasteiger partial charge in [0.2, 0.25) is 5.91 Å². The highest BCUT2D eigenvalue weighted by Crippen LogP contribution is 2.00. The predicted molar refractivity (Wildman–Crippen MR) is 59.5 cm³/mol. The van der Waals surface area contributed by atoms with E-state index >= 15 is 0 Å². The molecule has 0 aliphatic carbocycles. The zero-order chi connectivity index (χ0) is 11.8. The molecule has 88 valence electrons. The summed E-state index contributed by atoms with van der Waals surface area (Å²) < 4.78 is 0. The fourth-order valence-corrected chi connectivity index (χ4v) is 0.966. The van der Waals surface area contributed by atoms with Crippen molar-refractivity contribution in [3.05, 3.63) is 0 Å². The highest BCUT2D eigenvalue weighted by Gasteiger charge is 2.11. The second-order valence-corrected chi connectivity index (χ2v) is 3.75. The van der Waals surface area contributed by atoms with E-state index in [-0.39, 0.29) is 44.2 Å². The third-order valence-corrected chi connectivity index (χ3v) is 2.33. The van der Waals surface area contributed by atoms with E-state index in [1.165, 1.54) is 6.92 Å². The van der Waals surface area contributed by atoms with E-state index in [1.807, 2.05) is 13.8 Å². The molecule has 0 aromatic carbocycles. The van der Waals surface area contributed by atoms with Crippen molar-refractivity contribution in [2.75, 3.05) is 6.54 Å². The van der Waals surface area contributed by atoms with Crippen molar-refractivity contribution in [2.45, 2.75) is 40.0 Å². The molecule has 4 nitrogen and oxygen atoms in total. The Morgan fingerprint density at radius 2 is 1.87 bits per heavy atom. The summed E-state index contributed by atoms with van der Waals surface area (Å²) in [6.45, 7) is 5.29. The molecule has 0 radical (unpaired) electrons. The summed E-state index contributed by atoms with van der Waals surface area (Å²) in [5.74, 6) is -0.230. The van der Waals surface area contributed by atoms with Crippen molar-refractivity contribution in [1.29, 1.82) is 0 Å². The van der Waals surface area contributed by atoms with E-state index in [4.69, 9.17) is 0 Å². The lowest BCUT2D eigenvalue weighted by atomic mass is 10.0. The van der Waals surface area contributed by atoms with E-state index in [9.17, 15) is 14.4 Å². The Kier molecular flexibility index (Phi) is 6.58. The number of carbonyl (C=O) groups is 3. The van der Waals surface area contributed by atoms with Crippen LogP contribution in [-0.2, 0) is 14.4 Å². The molecule has 0 rings (SSSR count). The molecule has 0 saturated heterocycles. The number of nitrogens with one attached hydrogen (secondary N) is 1. The van der Waals surface area contributed by atoms with Gasteiger partial charge in [0.1, 0.15) is 5.78 Å². The molecule has 0 aliphatic rings. The van der Waals surface area contributed by atoms with Gasteiger partial charge in [-0.15, -0.1) is 0 Å². The van der Waals surface area contributed by atoms with Crippen LogP contribution in [0.15, 0.2) is 0 Å². The highest BCUT2D eigenvalue weighted by atomic mass is 16.2. The molecule has 1 atom stereocenters. The standard InChI is InChI=1S/C11H19NO3.H2/c1-4-8(2)10(14)7-12-11(15)6-5-9(3)13;/h8H,4-7H2,1-3H3,(H,12,15);1H. The average molecular weight is 215 g/mol. The zero-order valence-electron chi connectivity index (χ0n) is 9.63. The lowest BCUT2D eigenvalue weighted by Crippen LogP contribution is -2.32. The van der Waals surface area contributed by atoms with Crippen LogP contribution in [0, 0.1) is 5.92 Å². The van der Waals surface area contributed by atoms with Crippen molar-refractivity contribution in [3.8, 4) is 0 Å². The molecule has 0 aliphatic heterocycles. The molecule has 0 saturated carbocycles. The van der Waals surface area contributed by atoms with Crippen LogP contribution in [0.5, 0.6) is 0 Å².